The summed E-state index contributed by atoms with van der Waals surface area (Å²) in [4.78, 5) is 23.7. The van der Waals surface area contributed by atoms with E-state index >= 15 is 0 Å². The standard InChI is InChI=1S/C18H23N5O2/c1-21(13-10-15-8-4-2-5-9-15)17-16(23(24)25)18(20-14-19-17)22-11-6-3-7-12-22/h2,4-5,8-9,14H,3,6-7,10-13H2,1H3. The van der Waals surface area contributed by atoms with Crippen molar-refractivity contribution in [2.75, 3.05) is 36.5 Å². The molecule has 1 fully saturated rings. The van der Waals surface area contributed by atoms with Crippen molar-refractivity contribution in [3.63, 3.8) is 0 Å². The molecule has 2 heterocycles. The van der Waals surface area contributed by atoms with Crippen molar-refractivity contribution in [2.24, 2.45) is 0 Å². The second-order valence-corrected chi connectivity index (χ2v) is 6.33. The van der Waals surface area contributed by atoms with Crippen LogP contribution in [0, 0.1) is 10.1 Å². The first kappa shape index (κ1) is 17.1. The predicted octanol–water partition coefficient (Wildman–Crippen LogP) is 3.05. The molecule has 0 radical (unpaired) electrons. The van der Waals surface area contributed by atoms with E-state index in [-0.39, 0.29) is 10.6 Å². The van der Waals surface area contributed by atoms with Gasteiger partial charge in [-0.25, -0.2) is 9.97 Å². The quantitative estimate of drug-likeness (QED) is 0.594. The van der Waals surface area contributed by atoms with Gasteiger partial charge in [0.15, 0.2) is 0 Å². The van der Waals surface area contributed by atoms with Crippen LogP contribution in [0.3, 0.4) is 0 Å². The normalized spacial score (nSPS) is 14.4. The molecule has 1 saturated heterocycles. The highest BCUT2D eigenvalue weighted by atomic mass is 16.6. The van der Waals surface area contributed by atoms with Gasteiger partial charge in [-0.2, -0.15) is 0 Å². The molecule has 1 aliphatic rings. The summed E-state index contributed by atoms with van der Waals surface area (Å²) in [6.07, 6.45) is 5.49. The van der Waals surface area contributed by atoms with Crippen LogP contribution in [0.2, 0.25) is 0 Å². The zero-order chi connectivity index (χ0) is 17.6. The molecule has 7 heteroatoms. The van der Waals surface area contributed by atoms with Crippen LogP contribution in [0.4, 0.5) is 17.3 Å². The Morgan fingerprint density at radius 2 is 1.88 bits per heavy atom. The van der Waals surface area contributed by atoms with Crippen molar-refractivity contribution in [1.82, 2.24) is 9.97 Å². The van der Waals surface area contributed by atoms with Crippen LogP contribution in [-0.2, 0) is 6.42 Å². The van der Waals surface area contributed by atoms with Gasteiger partial charge in [0.2, 0.25) is 11.6 Å². The molecule has 0 saturated carbocycles. The smallest absolute Gasteiger partial charge is 0.353 e. The van der Waals surface area contributed by atoms with Crippen molar-refractivity contribution in [3.8, 4) is 0 Å². The molecule has 0 unspecified atom stereocenters. The average molecular weight is 341 g/mol. The Hall–Kier alpha value is -2.70. The number of hydrogen-bond acceptors (Lipinski definition) is 6. The average Bonchev–Trinajstić information content (AvgIpc) is 2.67. The second-order valence-electron chi connectivity index (χ2n) is 6.33. The Labute approximate surface area is 147 Å². The topological polar surface area (TPSA) is 75.4 Å². The highest BCUT2D eigenvalue weighted by molar-refractivity contribution is 5.71. The van der Waals surface area contributed by atoms with E-state index in [4.69, 9.17) is 0 Å². The summed E-state index contributed by atoms with van der Waals surface area (Å²) in [5, 5.41) is 11.7. The summed E-state index contributed by atoms with van der Waals surface area (Å²) in [5.41, 5.74) is 1.21. The molecule has 0 bridgehead atoms. The lowest BCUT2D eigenvalue weighted by Gasteiger charge is -2.28. The van der Waals surface area contributed by atoms with Gasteiger partial charge in [-0.15, -0.1) is 0 Å². The van der Waals surface area contributed by atoms with E-state index < -0.39 is 0 Å². The molecule has 1 aliphatic heterocycles. The molecule has 0 amide bonds. The van der Waals surface area contributed by atoms with Gasteiger partial charge in [-0.1, -0.05) is 30.3 Å². The molecule has 7 nitrogen and oxygen atoms in total. The molecular formula is C18H23N5O2. The summed E-state index contributed by atoms with van der Waals surface area (Å²) >= 11 is 0. The van der Waals surface area contributed by atoms with Gasteiger partial charge in [-0.05, 0) is 31.2 Å². The number of aromatic nitrogens is 2. The third kappa shape index (κ3) is 4.04. The van der Waals surface area contributed by atoms with E-state index in [0.29, 0.717) is 18.2 Å². The zero-order valence-electron chi connectivity index (χ0n) is 14.5. The molecule has 2 aromatic rings. The highest BCUT2D eigenvalue weighted by Gasteiger charge is 2.29. The van der Waals surface area contributed by atoms with E-state index in [1.165, 1.54) is 18.3 Å². The Kier molecular flexibility index (Phi) is 5.42. The molecule has 3 rings (SSSR count). The maximum absolute atomic E-state index is 11.7. The van der Waals surface area contributed by atoms with Gasteiger partial charge in [0.1, 0.15) is 6.33 Å². The number of nitro groups is 1. The van der Waals surface area contributed by atoms with Crippen LogP contribution in [0.5, 0.6) is 0 Å². The summed E-state index contributed by atoms with van der Waals surface area (Å²) in [6.45, 7) is 2.28. The minimum absolute atomic E-state index is 0.0139. The number of hydrogen-bond donors (Lipinski definition) is 0. The fourth-order valence-electron chi connectivity index (χ4n) is 3.19. The molecule has 25 heavy (non-hydrogen) atoms. The molecule has 0 aliphatic carbocycles. The van der Waals surface area contributed by atoms with Gasteiger partial charge in [0.25, 0.3) is 0 Å². The Balaban J connectivity index is 1.83. The first-order valence-corrected chi connectivity index (χ1v) is 8.66. The van der Waals surface area contributed by atoms with E-state index in [0.717, 1.165) is 32.4 Å². The maximum atomic E-state index is 11.7. The Morgan fingerprint density at radius 3 is 2.56 bits per heavy atom. The lowest BCUT2D eigenvalue weighted by atomic mass is 10.1. The number of likely N-dealkylation sites (N-methyl/N-ethyl adjacent to an activating group) is 1. The third-order valence-electron chi connectivity index (χ3n) is 4.56. The van der Waals surface area contributed by atoms with Gasteiger partial charge in [-0.3, -0.25) is 10.1 Å². The lowest BCUT2D eigenvalue weighted by molar-refractivity contribution is -0.383. The van der Waals surface area contributed by atoms with Gasteiger partial charge in [0, 0.05) is 26.7 Å². The maximum Gasteiger partial charge on any atom is 0.353 e. The van der Waals surface area contributed by atoms with Crippen LogP contribution >= 0.6 is 0 Å². The molecule has 0 spiro atoms. The van der Waals surface area contributed by atoms with E-state index in [2.05, 4.69) is 22.1 Å². The lowest BCUT2D eigenvalue weighted by Crippen LogP contribution is -2.32. The SMILES string of the molecule is CN(CCc1ccccc1)c1ncnc(N2CCCCC2)c1[N+](=O)[O-]. The van der Waals surface area contributed by atoms with Crippen LogP contribution in [0.25, 0.3) is 0 Å². The van der Waals surface area contributed by atoms with Crippen LogP contribution < -0.4 is 9.80 Å². The minimum Gasteiger partial charge on any atom is -0.353 e. The molecular weight excluding hydrogens is 318 g/mol. The van der Waals surface area contributed by atoms with Crippen LogP contribution in [0.1, 0.15) is 24.8 Å². The first-order valence-electron chi connectivity index (χ1n) is 8.66. The van der Waals surface area contributed by atoms with Gasteiger partial charge in [0.05, 0.1) is 4.92 Å². The van der Waals surface area contributed by atoms with Gasteiger partial charge >= 0.3 is 5.69 Å². The first-order chi connectivity index (χ1) is 12.2. The van der Waals surface area contributed by atoms with Crippen LogP contribution in [0.15, 0.2) is 36.7 Å². The number of rotatable bonds is 6. The number of nitrogens with zero attached hydrogens (tertiary/aromatic N) is 5. The minimum atomic E-state index is -0.349. The predicted molar refractivity (Wildman–Crippen MR) is 98.2 cm³/mol. The van der Waals surface area contributed by atoms with E-state index in [1.54, 1.807) is 0 Å². The monoisotopic (exact) mass is 341 g/mol. The summed E-state index contributed by atoms with van der Waals surface area (Å²) in [5.74, 6) is 0.831. The molecule has 0 N–H and O–H groups in total. The zero-order valence-corrected chi connectivity index (χ0v) is 14.5. The van der Waals surface area contributed by atoms with Gasteiger partial charge < -0.3 is 9.80 Å². The molecule has 132 valence electrons. The summed E-state index contributed by atoms with van der Waals surface area (Å²) in [6, 6.07) is 10.1. The van der Waals surface area contributed by atoms with Crippen molar-refractivity contribution in [1.29, 1.82) is 0 Å². The summed E-state index contributed by atoms with van der Waals surface area (Å²) in [7, 11) is 1.85. The molecule has 1 aromatic carbocycles. The summed E-state index contributed by atoms with van der Waals surface area (Å²) < 4.78 is 0. The van der Waals surface area contributed by atoms with E-state index in [9.17, 15) is 10.1 Å². The largest absolute Gasteiger partial charge is 0.353 e. The second kappa shape index (κ2) is 7.92. The Bertz CT molecular complexity index is 717. The van der Waals surface area contributed by atoms with E-state index in [1.807, 2.05) is 35.0 Å². The fourth-order valence-corrected chi connectivity index (χ4v) is 3.19. The molecule has 1 aromatic heterocycles. The fraction of sp³-hybridized carbons (Fsp3) is 0.444. The van der Waals surface area contributed by atoms with Crippen LogP contribution in [-0.4, -0.2) is 41.6 Å². The van der Waals surface area contributed by atoms with Crippen molar-refractivity contribution in [2.45, 2.75) is 25.7 Å². The molecule has 0 atom stereocenters. The number of piperidine rings is 1. The van der Waals surface area contributed by atoms with Crippen molar-refractivity contribution in [3.05, 3.63) is 52.3 Å². The third-order valence-corrected chi connectivity index (χ3v) is 4.56. The highest BCUT2D eigenvalue weighted by Crippen LogP contribution is 2.34. The number of anilines is 2. The van der Waals surface area contributed by atoms with Crippen molar-refractivity contribution < 1.29 is 4.92 Å². The van der Waals surface area contributed by atoms with Crippen molar-refractivity contribution >= 4 is 17.3 Å². The number of benzene rings is 1. The Morgan fingerprint density at radius 1 is 1.16 bits per heavy atom.